The predicted molar refractivity (Wildman–Crippen MR) is 122 cm³/mol. The molecule has 2 aliphatic rings. The van der Waals surface area contributed by atoms with Crippen molar-refractivity contribution in [2.45, 2.75) is 31.8 Å². The van der Waals surface area contributed by atoms with Crippen molar-refractivity contribution in [3.05, 3.63) is 58.3 Å². The van der Waals surface area contributed by atoms with E-state index in [1.807, 2.05) is 31.4 Å². The average Bonchev–Trinajstić information content (AvgIpc) is 2.84. The summed E-state index contributed by atoms with van der Waals surface area (Å²) in [6.45, 7) is 5.02. The monoisotopic (exact) mass is 435 g/mol. The number of fused-ring (bicyclic) bond motifs is 2. The molecule has 0 atom stereocenters. The number of nitrogens with one attached hydrogen (secondary N) is 1. The number of pyridine rings is 3. The third-order valence-corrected chi connectivity index (χ3v) is 6.43. The molecule has 5 rings (SSSR count). The molecule has 8 nitrogen and oxygen atoms in total. The molecule has 1 saturated heterocycles. The Balaban J connectivity index is 1.12. The second-order valence-electron chi connectivity index (χ2n) is 8.50. The fraction of sp³-hybridized carbons (Fsp3) is 0.458. The highest BCUT2D eigenvalue weighted by Crippen LogP contribution is 2.29. The Morgan fingerprint density at radius 1 is 1.09 bits per heavy atom. The van der Waals surface area contributed by atoms with E-state index in [-0.39, 0.29) is 5.56 Å². The van der Waals surface area contributed by atoms with Crippen molar-refractivity contribution in [3.8, 4) is 11.5 Å². The van der Waals surface area contributed by atoms with Gasteiger partial charge in [-0.25, -0.2) is 0 Å². The smallest absolute Gasteiger partial charge is 0.250 e. The Labute approximate surface area is 187 Å². The molecule has 0 bridgehead atoms. The molecule has 0 aliphatic carbocycles. The lowest BCUT2D eigenvalue weighted by Crippen LogP contribution is -2.43. The van der Waals surface area contributed by atoms with Crippen molar-refractivity contribution in [2.75, 3.05) is 32.8 Å². The second kappa shape index (κ2) is 9.26. The number of hydrogen-bond acceptors (Lipinski definition) is 7. The number of nitrogens with zero attached hydrogens (tertiary/aromatic N) is 4. The van der Waals surface area contributed by atoms with Crippen LogP contribution in [0.4, 0.5) is 0 Å². The number of aryl methyl sites for hydroxylation is 1. The molecule has 0 aromatic carbocycles. The van der Waals surface area contributed by atoms with E-state index in [4.69, 9.17) is 9.47 Å². The summed E-state index contributed by atoms with van der Waals surface area (Å²) in [6, 6.07) is 7.90. The van der Waals surface area contributed by atoms with Gasteiger partial charge in [0.25, 0.3) is 5.56 Å². The second-order valence-corrected chi connectivity index (χ2v) is 8.50. The first-order valence-corrected chi connectivity index (χ1v) is 11.3. The van der Waals surface area contributed by atoms with E-state index in [1.165, 1.54) is 5.56 Å². The summed E-state index contributed by atoms with van der Waals surface area (Å²) in [6.07, 6.45) is 6.73. The van der Waals surface area contributed by atoms with Crippen LogP contribution < -0.4 is 20.3 Å². The van der Waals surface area contributed by atoms with Gasteiger partial charge in [-0.3, -0.25) is 14.8 Å². The number of aromatic nitrogens is 3. The molecule has 1 N–H and O–H groups in total. The minimum Gasteiger partial charge on any atom is -0.486 e. The minimum absolute atomic E-state index is 0.00569. The maximum Gasteiger partial charge on any atom is 0.250 e. The summed E-state index contributed by atoms with van der Waals surface area (Å²) in [4.78, 5) is 23.5. The molecule has 1 fully saturated rings. The van der Waals surface area contributed by atoms with Gasteiger partial charge >= 0.3 is 0 Å². The Morgan fingerprint density at radius 2 is 1.91 bits per heavy atom. The Hall–Kier alpha value is -2.97. The van der Waals surface area contributed by atoms with Gasteiger partial charge in [0.2, 0.25) is 0 Å². The first-order valence-electron chi connectivity index (χ1n) is 11.3. The number of piperidine rings is 1. The highest BCUT2D eigenvalue weighted by Gasteiger charge is 2.20. The lowest BCUT2D eigenvalue weighted by atomic mass is 10.0. The lowest BCUT2D eigenvalue weighted by Gasteiger charge is -2.32. The van der Waals surface area contributed by atoms with Crippen molar-refractivity contribution >= 4 is 11.0 Å². The van der Waals surface area contributed by atoms with Crippen LogP contribution in [0.25, 0.3) is 11.0 Å². The molecule has 0 radical (unpaired) electrons. The van der Waals surface area contributed by atoms with Gasteiger partial charge in [-0.15, -0.1) is 0 Å². The van der Waals surface area contributed by atoms with Crippen LogP contribution in [0.5, 0.6) is 11.5 Å². The van der Waals surface area contributed by atoms with E-state index >= 15 is 0 Å². The average molecular weight is 436 g/mol. The van der Waals surface area contributed by atoms with E-state index in [9.17, 15) is 4.79 Å². The van der Waals surface area contributed by atoms with Crippen LogP contribution in [0.1, 0.15) is 24.1 Å². The predicted octanol–water partition coefficient (Wildman–Crippen LogP) is 1.90. The summed E-state index contributed by atoms with van der Waals surface area (Å²) in [5, 5.41) is 3.65. The Bertz CT molecular complexity index is 1150. The summed E-state index contributed by atoms with van der Waals surface area (Å²) in [5.74, 6) is 1.52. The van der Waals surface area contributed by atoms with Crippen LogP contribution in [0.3, 0.4) is 0 Å². The van der Waals surface area contributed by atoms with Gasteiger partial charge in [0.05, 0.1) is 22.9 Å². The first-order chi connectivity index (χ1) is 15.7. The van der Waals surface area contributed by atoms with E-state index in [0.29, 0.717) is 19.3 Å². The molecule has 5 heterocycles. The molecule has 32 heavy (non-hydrogen) atoms. The van der Waals surface area contributed by atoms with Gasteiger partial charge in [-0.05, 0) is 50.0 Å². The van der Waals surface area contributed by atoms with Gasteiger partial charge in [0, 0.05) is 44.5 Å². The first kappa shape index (κ1) is 20.9. The molecule has 0 spiro atoms. The number of rotatable bonds is 6. The summed E-state index contributed by atoms with van der Waals surface area (Å²) in [7, 11) is 1.82. The van der Waals surface area contributed by atoms with Crippen molar-refractivity contribution in [1.82, 2.24) is 24.8 Å². The maximum atomic E-state index is 12.1. The quantitative estimate of drug-likeness (QED) is 0.633. The topological polar surface area (TPSA) is 81.5 Å². The third-order valence-electron chi connectivity index (χ3n) is 6.43. The highest BCUT2D eigenvalue weighted by atomic mass is 16.6. The molecule has 0 unspecified atom stereocenters. The standard InChI is InChI=1S/C24H29N5O3/c1-28-23(30)3-2-20-24(28)17(4-8-25-20)5-9-29-10-6-18(7-11-29)26-15-19-14-21-22(16-27-19)32-13-12-31-21/h2-4,8,14,16,18,26H,5-7,9-13,15H2,1H3. The summed E-state index contributed by atoms with van der Waals surface area (Å²) >= 11 is 0. The molecule has 168 valence electrons. The molecule has 0 saturated carbocycles. The summed E-state index contributed by atoms with van der Waals surface area (Å²) < 4.78 is 12.9. The SMILES string of the molecule is Cn1c(=O)ccc2nccc(CCN3CCC(NCc4cc5c(cn4)OCCO5)CC3)c21. The van der Waals surface area contributed by atoms with Crippen LogP contribution in [0.2, 0.25) is 0 Å². The van der Waals surface area contributed by atoms with Crippen molar-refractivity contribution in [3.63, 3.8) is 0 Å². The van der Waals surface area contributed by atoms with Crippen molar-refractivity contribution < 1.29 is 9.47 Å². The molecule has 3 aromatic heterocycles. The van der Waals surface area contributed by atoms with Crippen LogP contribution in [0.15, 0.2) is 41.5 Å². The van der Waals surface area contributed by atoms with Crippen LogP contribution >= 0.6 is 0 Å². The number of likely N-dealkylation sites (tertiary alicyclic amines) is 1. The zero-order valence-corrected chi connectivity index (χ0v) is 18.4. The Morgan fingerprint density at radius 3 is 2.75 bits per heavy atom. The van der Waals surface area contributed by atoms with E-state index in [1.54, 1.807) is 16.8 Å². The van der Waals surface area contributed by atoms with Crippen LogP contribution in [0, 0.1) is 0 Å². The van der Waals surface area contributed by atoms with Gasteiger partial charge < -0.3 is 24.3 Å². The molecule has 0 amide bonds. The van der Waals surface area contributed by atoms with Gasteiger partial charge in [-0.1, -0.05) is 0 Å². The molecular formula is C24H29N5O3. The molecule has 2 aliphatic heterocycles. The molecule has 3 aromatic rings. The van der Waals surface area contributed by atoms with Crippen LogP contribution in [-0.4, -0.2) is 58.3 Å². The fourth-order valence-corrected chi connectivity index (χ4v) is 4.57. The lowest BCUT2D eigenvalue weighted by molar-refractivity contribution is 0.170. The molecular weight excluding hydrogens is 406 g/mol. The third kappa shape index (κ3) is 4.47. The van der Waals surface area contributed by atoms with Gasteiger partial charge in [0.1, 0.15) is 13.2 Å². The zero-order valence-electron chi connectivity index (χ0n) is 18.4. The van der Waals surface area contributed by atoms with Crippen molar-refractivity contribution in [1.29, 1.82) is 0 Å². The molecule has 8 heteroatoms. The number of ether oxygens (including phenoxy) is 2. The van der Waals surface area contributed by atoms with E-state index < -0.39 is 0 Å². The normalized spacial score (nSPS) is 17.0. The number of hydrogen-bond donors (Lipinski definition) is 1. The fourth-order valence-electron chi connectivity index (χ4n) is 4.57. The summed E-state index contributed by atoms with van der Waals surface area (Å²) in [5.41, 5.74) is 3.99. The minimum atomic E-state index is 0.00569. The van der Waals surface area contributed by atoms with Gasteiger partial charge in [-0.2, -0.15) is 0 Å². The van der Waals surface area contributed by atoms with Crippen LogP contribution in [-0.2, 0) is 20.0 Å². The largest absolute Gasteiger partial charge is 0.486 e. The van der Waals surface area contributed by atoms with Crippen molar-refractivity contribution in [2.24, 2.45) is 7.05 Å². The maximum absolute atomic E-state index is 12.1. The highest BCUT2D eigenvalue weighted by molar-refractivity contribution is 5.78. The van der Waals surface area contributed by atoms with Gasteiger partial charge in [0.15, 0.2) is 11.5 Å². The Kier molecular flexibility index (Phi) is 6.05. The zero-order chi connectivity index (χ0) is 21.9. The van der Waals surface area contributed by atoms with E-state index in [2.05, 4.69) is 20.2 Å². The van der Waals surface area contributed by atoms with E-state index in [0.717, 1.165) is 73.7 Å².